The Labute approximate surface area is 177 Å². The Bertz CT molecular complexity index is 1190. The van der Waals surface area contributed by atoms with Crippen LogP contribution in [-0.4, -0.2) is 33.5 Å². The van der Waals surface area contributed by atoms with Gasteiger partial charge in [-0.1, -0.05) is 18.2 Å². The number of imide groups is 1. The molecule has 0 saturated carbocycles. The van der Waals surface area contributed by atoms with Crippen LogP contribution in [-0.2, 0) is 13.1 Å². The zero-order chi connectivity index (χ0) is 22.0. The number of primary amides is 1. The highest BCUT2D eigenvalue weighted by Gasteiger charge is 2.36. The SMILES string of the molecule is NC(=O)c1ccc(CNC(=O)c2ccc3c(c2)C(=O)N(Cc2ccccn2)C3=O)cc1. The third kappa shape index (κ3) is 4.04. The van der Waals surface area contributed by atoms with Crippen LogP contribution in [0.4, 0.5) is 0 Å². The van der Waals surface area contributed by atoms with E-state index in [-0.39, 0.29) is 35.7 Å². The van der Waals surface area contributed by atoms with E-state index in [0.29, 0.717) is 11.3 Å². The smallest absolute Gasteiger partial charge is 0.261 e. The monoisotopic (exact) mass is 414 g/mol. The van der Waals surface area contributed by atoms with Gasteiger partial charge in [0.15, 0.2) is 0 Å². The van der Waals surface area contributed by atoms with E-state index in [1.54, 1.807) is 48.7 Å². The molecule has 0 fully saturated rings. The van der Waals surface area contributed by atoms with Gasteiger partial charge >= 0.3 is 0 Å². The number of nitrogens with two attached hydrogens (primary N) is 1. The fourth-order valence-electron chi connectivity index (χ4n) is 3.30. The standard InChI is InChI=1S/C23H18N4O4/c24-20(28)15-6-4-14(5-7-15)12-26-21(29)16-8-9-18-19(11-16)23(31)27(22(18)30)13-17-3-1-2-10-25-17/h1-11H,12-13H2,(H2,24,28)(H,26,29). The van der Waals surface area contributed by atoms with E-state index in [1.807, 2.05) is 0 Å². The van der Waals surface area contributed by atoms with Crippen molar-refractivity contribution >= 4 is 23.6 Å². The molecule has 8 heteroatoms. The van der Waals surface area contributed by atoms with Crippen LogP contribution >= 0.6 is 0 Å². The number of hydrogen-bond acceptors (Lipinski definition) is 5. The molecule has 0 atom stereocenters. The lowest BCUT2D eigenvalue weighted by atomic mass is 10.1. The molecule has 31 heavy (non-hydrogen) atoms. The van der Waals surface area contributed by atoms with E-state index in [2.05, 4.69) is 10.3 Å². The van der Waals surface area contributed by atoms with Crippen LogP contribution in [0, 0.1) is 0 Å². The van der Waals surface area contributed by atoms with Crippen LogP contribution in [0.15, 0.2) is 66.9 Å². The third-order valence-electron chi connectivity index (χ3n) is 4.97. The lowest BCUT2D eigenvalue weighted by molar-refractivity contribution is 0.0640. The summed E-state index contributed by atoms with van der Waals surface area (Å²) >= 11 is 0. The van der Waals surface area contributed by atoms with Crippen LogP contribution in [0.5, 0.6) is 0 Å². The van der Waals surface area contributed by atoms with Gasteiger partial charge in [-0.15, -0.1) is 0 Å². The lowest BCUT2D eigenvalue weighted by Crippen LogP contribution is -2.29. The van der Waals surface area contributed by atoms with Crippen LogP contribution in [0.25, 0.3) is 0 Å². The van der Waals surface area contributed by atoms with Crippen molar-refractivity contribution in [2.24, 2.45) is 5.73 Å². The average Bonchev–Trinajstić information content (AvgIpc) is 3.02. The minimum Gasteiger partial charge on any atom is -0.366 e. The van der Waals surface area contributed by atoms with E-state index in [1.165, 1.54) is 18.2 Å². The second-order valence-corrected chi connectivity index (χ2v) is 7.02. The fraction of sp³-hybridized carbons (Fsp3) is 0.0870. The highest BCUT2D eigenvalue weighted by Crippen LogP contribution is 2.25. The predicted octanol–water partition coefficient (Wildman–Crippen LogP) is 1.91. The number of pyridine rings is 1. The lowest BCUT2D eigenvalue weighted by Gasteiger charge is -2.12. The number of hydrogen-bond donors (Lipinski definition) is 2. The Kier molecular flexibility index (Phi) is 5.28. The van der Waals surface area contributed by atoms with Crippen LogP contribution in [0.1, 0.15) is 52.7 Å². The number of carbonyl (C=O) groups is 4. The molecule has 1 aliphatic heterocycles. The van der Waals surface area contributed by atoms with Gasteiger partial charge in [0.2, 0.25) is 5.91 Å². The summed E-state index contributed by atoms with van der Waals surface area (Å²) in [4.78, 5) is 54.3. The first-order valence-corrected chi connectivity index (χ1v) is 9.51. The van der Waals surface area contributed by atoms with Crippen molar-refractivity contribution in [3.05, 3.63) is 100 Å². The third-order valence-corrected chi connectivity index (χ3v) is 4.97. The Balaban J connectivity index is 1.46. The normalized spacial score (nSPS) is 12.6. The number of rotatable bonds is 6. The fourth-order valence-corrected chi connectivity index (χ4v) is 3.30. The van der Waals surface area contributed by atoms with Gasteiger partial charge in [0.1, 0.15) is 0 Å². The number of fused-ring (bicyclic) bond motifs is 1. The predicted molar refractivity (Wildman–Crippen MR) is 111 cm³/mol. The number of carbonyl (C=O) groups excluding carboxylic acids is 4. The average molecular weight is 414 g/mol. The molecule has 1 aliphatic rings. The van der Waals surface area contributed by atoms with Crippen molar-refractivity contribution in [2.45, 2.75) is 13.1 Å². The Hall–Kier alpha value is -4.33. The summed E-state index contributed by atoms with van der Waals surface area (Å²) in [6.45, 7) is 0.295. The molecule has 0 spiro atoms. The molecule has 0 unspecified atom stereocenters. The number of benzene rings is 2. The molecular weight excluding hydrogens is 396 g/mol. The summed E-state index contributed by atoms with van der Waals surface area (Å²) in [6.07, 6.45) is 1.59. The highest BCUT2D eigenvalue weighted by molar-refractivity contribution is 6.22. The maximum absolute atomic E-state index is 12.8. The number of amides is 4. The van der Waals surface area contributed by atoms with Gasteiger partial charge < -0.3 is 11.1 Å². The number of nitrogens with zero attached hydrogens (tertiary/aromatic N) is 2. The summed E-state index contributed by atoms with van der Waals surface area (Å²) in [7, 11) is 0. The molecular formula is C23H18N4O4. The molecule has 154 valence electrons. The minimum absolute atomic E-state index is 0.0655. The van der Waals surface area contributed by atoms with Gasteiger partial charge in [0, 0.05) is 23.9 Å². The van der Waals surface area contributed by atoms with E-state index >= 15 is 0 Å². The molecule has 2 aromatic carbocycles. The Morgan fingerprint density at radius 1 is 0.903 bits per heavy atom. The maximum Gasteiger partial charge on any atom is 0.261 e. The van der Waals surface area contributed by atoms with E-state index in [0.717, 1.165) is 10.5 Å². The van der Waals surface area contributed by atoms with E-state index in [9.17, 15) is 19.2 Å². The van der Waals surface area contributed by atoms with Crippen molar-refractivity contribution in [1.82, 2.24) is 15.2 Å². The Morgan fingerprint density at radius 3 is 2.29 bits per heavy atom. The first-order valence-electron chi connectivity index (χ1n) is 9.51. The first-order chi connectivity index (χ1) is 14.9. The van der Waals surface area contributed by atoms with E-state index in [4.69, 9.17) is 5.73 Å². The van der Waals surface area contributed by atoms with Crippen molar-refractivity contribution in [3.8, 4) is 0 Å². The van der Waals surface area contributed by atoms with Gasteiger partial charge in [-0.05, 0) is 48.0 Å². The van der Waals surface area contributed by atoms with Crippen molar-refractivity contribution in [3.63, 3.8) is 0 Å². The minimum atomic E-state index is -0.523. The molecule has 3 N–H and O–H groups in total. The van der Waals surface area contributed by atoms with E-state index < -0.39 is 17.7 Å². The van der Waals surface area contributed by atoms with Gasteiger partial charge in [0.25, 0.3) is 17.7 Å². The topological polar surface area (TPSA) is 122 Å². The molecule has 2 heterocycles. The largest absolute Gasteiger partial charge is 0.366 e. The second kappa shape index (κ2) is 8.19. The van der Waals surface area contributed by atoms with Gasteiger partial charge in [0.05, 0.1) is 23.4 Å². The second-order valence-electron chi connectivity index (χ2n) is 7.02. The first kappa shape index (κ1) is 20.0. The van der Waals surface area contributed by atoms with Crippen molar-refractivity contribution < 1.29 is 19.2 Å². The molecule has 0 saturated heterocycles. The van der Waals surface area contributed by atoms with Crippen molar-refractivity contribution in [2.75, 3.05) is 0 Å². The molecule has 4 rings (SSSR count). The zero-order valence-electron chi connectivity index (χ0n) is 16.4. The molecule has 4 amide bonds. The highest BCUT2D eigenvalue weighted by atomic mass is 16.2. The van der Waals surface area contributed by atoms with Gasteiger partial charge in [-0.3, -0.25) is 29.1 Å². The molecule has 0 radical (unpaired) electrons. The van der Waals surface area contributed by atoms with Crippen LogP contribution < -0.4 is 11.1 Å². The summed E-state index contributed by atoms with van der Waals surface area (Å²) < 4.78 is 0. The number of nitrogens with one attached hydrogen (secondary N) is 1. The Morgan fingerprint density at radius 2 is 1.61 bits per heavy atom. The number of aromatic nitrogens is 1. The molecule has 1 aromatic heterocycles. The molecule has 0 bridgehead atoms. The van der Waals surface area contributed by atoms with Gasteiger partial charge in [-0.25, -0.2) is 0 Å². The summed E-state index contributed by atoms with van der Waals surface area (Å²) in [6, 6.07) is 16.3. The summed E-state index contributed by atoms with van der Waals surface area (Å²) in [5, 5.41) is 2.76. The molecule has 8 nitrogen and oxygen atoms in total. The summed E-state index contributed by atoms with van der Waals surface area (Å²) in [5.41, 5.74) is 7.70. The quantitative estimate of drug-likeness (QED) is 0.597. The molecule has 3 aromatic rings. The summed E-state index contributed by atoms with van der Waals surface area (Å²) in [5.74, 6) is -1.77. The van der Waals surface area contributed by atoms with Crippen molar-refractivity contribution in [1.29, 1.82) is 0 Å². The molecule has 0 aliphatic carbocycles. The van der Waals surface area contributed by atoms with Gasteiger partial charge in [-0.2, -0.15) is 0 Å². The maximum atomic E-state index is 12.8. The van der Waals surface area contributed by atoms with Crippen LogP contribution in [0.3, 0.4) is 0 Å². The zero-order valence-corrected chi connectivity index (χ0v) is 16.4. The van der Waals surface area contributed by atoms with Crippen LogP contribution in [0.2, 0.25) is 0 Å².